The van der Waals surface area contributed by atoms with Crippen molar-refractivity contribution in [3.05, 3.63) is 53.2 Å². The fraction of sp³-hybridized carbons (Fsp3) is 0.294. The van der Waals surface area contributed by atoms with Gasteiger partial charge in [-0.05, 0) is 36.6 Å². The molecule has 0 fully saturated rings. The number of hydrogen-bond donors (Lipinski definition) is 2. The minimum absolute atomic E-state index is 0.132. The highest BCUT2D eigenvalue weighted by atomic mass is 32.2. The number of carboxylic acid groups (broad SMARTS) is 1. The van der Waals surface area contributed by atoms with E-state index in [-0.39, 0.29) is 17.3 Å². The van der Waals surface area contributed by atoms with Gasteiger partial charge in [0.15, 0.2) is 0 Å². The van der Waals surface area contributed by atoms with E-state index in [1.165, 1.54) is 26.2 Å². The predicted molar refractivity (Wildman–Crippen MR) is 93.2 cm³/mol. The molecule has 0 aliphatic rings. The topological polar surface area (TPSA) is 126 Å². The smallest absolute Gasteiger partial charge is 0.319 e. The van der Waals surface area contributed by atoms with E-state index in [9.17, 15) is 18.7 Å². The van der Waals surface area contributed by atoms with Crippen molar-refractivity contribution in [3.63, 3.8) is 0 Å². The Morgan fingerprint density at radius 1 is 1.32 bits per heavy atom. The number of nitrogen functional groups attached to an aromatic ring is 1. The van der Waals surface area contributed by atoms with Crippen LogP contribution in [0, 0.1) is 6.92 Å². The molecule has 1 heterocycles. The molecule has 8 heteroatoms. The highest BCUT2D eigenvalue weighted by Gasteiger charge is 2.46. The van der Waals surface area contributed by atoms with Gasteiger partial charge in [-0.1, -0.05) is 29.8 Å². The second kappa shape index (κ2) is 7.20. The fourth-order valence-corrected chi connectivity index (χ4v) is 3.61. The number of nitrogens with zero attached hydrogens (tertiary/aromatic N) is 1. The third-order valence-corrected chi connectivity index (χ3v) is 5.25. The molecule has 3 unspecified atom stereocenters. The average molecular weight is 363 g/mol. The lowest BCUT2D eigenvalue weighted by Gasteiger charge is -2.37. The van der Waals surface area contributed by atoms with E-state index in [4.69, 9.17) is 10.5 Å². The van der Waals surface area contributed by atoms with Crippen LogP contribution in [0.2, 0.25) is 0 Å². The Kier molecular flexibility index (Phi) is 5.44. The van der Waals surface area contributed by atoms with E-state index in [1.807, 2.05) is 6.92 Å². The third kappa shape index (κ3) is 3.49. The summed E-state index contributed by atoms with van der Waals surface area (Å²) >= 11 is -2.91. The minimum atomic E-state index is -2.91. The number of ether oxygens (including phenoxy) is 1. The molecule has 1 aromatic heterocycles. The number of nitrogens with two attached hydrogens (primary N) is 1. The van der Waals surface area contributed by atoms with Gasteiger partial charge in [0.25, 0.3) is 0 Å². The molecular formula is C17H19N2O5S-. The molecule has 0 saturated carbocycles. The molecular weight excluding hydrogens is 344 g/mol. The summed E-state index contributed by atoms with van der Waals surface area (Å²) in [4.78, 5) is 16.0. The molecule has 0 amide bonds. The number of benzene rings is 1. The molecule has 7 nitrogen and oxygen atoms in total. The SMILES string of the molecule is COc1ccc(N)c(C(C)(c2ccc(C)cc2)C(C(=O)O)S(=O)[O-])n1. The number of carbonyl (C=O) groups is 1. The van der Waals surface area contributed by atoms with E-state index >= 15 is 0 Å². The Balaban J connectivity index is 2.83. The summed E-state index contributed by atoms with van der Waals surface area (Å²) in [5.74, 6) is -1.27. The first-order valence-electron chi connectivity index (χ1n) is 7.40. The lowest BCUT2D eigenvalue weighted by molar-refractivity contribution is -0.137. The van der Waals surface area contributed by atoms with Crippen LogP contribution in [0.4, 0.5) is 5.69 Å². The maximum Gasteiger partial charge on any atom is 0.319 e. The summed E-state index contributed by atoms with van der Waals surface area (Å²) < 4.78 is 28.7. The van der Waals surface area contributed by atoms with Crippen molar-refractivity contribution in [2.45, 2.75) is 24.5 Å². The van der Waals surface area contributed by atoms with Crippen LogP contribution in [0.25, 0.3) is 0 Å². The molecule has 0 saturated heterocycles. The van der Waals surface area contributed by atoms with Gasteiger partial charge in [-0.25, -0.2) is 4.98 Å². The van der Waals surface area contributed by atoms with Crippen LogP contribution in [-0.4, -0.2) is 37.2 Å². The molecule has 3 atom stereocenters. The summed E-state index contributed by atoms with van der Waals surface area (Å²) in [5, 5.41) is 7.80. The van der Waals surface area contributed by atoms with E-state index in [2.05, 4.69) is 4.98 Å². The first kappa shape index (κ1) is 18.9. The lowest BCUT2D eigenvalue weighted by Crippen LogP contribution is -2.47. The van der Waals surface area contributed by atoms with Crippen molar-refractivity contribution < 1.29 is 23.4 Å². The zero-order valence-corrected chi connectivity index (χ0v) is 14.9. The van der Waals surface area contributed by atoms with Crippen LogP contribution in [0.5, 0.6) is 5.88 Å². The molecule has 0 spiro atoms. The number of carboxylic acids is 1. The van der Waals surface area contributed by atoms with Crippen molar-refractivity contribution in [1.29, 1.82) is 0 Å². The minimum Gasteiger partial charge on any atom is -0.772 e. The van der Waals surface area contributed by atoms with Crippen LogP contribution in [0.15, 0.2) is 36.4 Å². The van der Waals surface area contributed by atoms with Crippen LogP contribution >= 0.6 is 0 Å². The zero-order chi connectivity index (χ0) is 18.8. The van der Waals surface area contributed by atoms with E-state index in [0.717, 1.165) is 5.56 Å². The van der Waals surface area contributed by atoms with Gasteiger partial charge in [0.2, 0.25) is 5.88 Å². The Labute approximate surface area is 148 Å². The van der Waals surface area contributed by atoms with Gasteiger partial charge in [-0.15, -0.1) is 0 Å². The highest BCUT2D eigenvalue weighted by molar-refractivity contribution is 7.80. The van der Waals surface area contributed by atoms with Gasteiger partial charge >= 0.3 is 5.97 Å². The van der Waals surface area contributed by atoms with Crippen molar-refractivity contribution >= 4 is 22.7 Å². The maximum atomic E-state index is 11.8. The molecule has 1 aromatic carbocycles. The Hall–Kier alpha value is -2.45. The molecule has 2 rings (SSSR count). The van der Waals surface area contributed by atoms with Gasteiger partial charge < -0.3 is 20.1 Å². The number of aryl methyl sites for hydroxylation is 1. The number of anilines is 1. The van der Waals surface area contributed by atoms with Crippen molar-refractivity contribution in [2.75, 3.05) is 12.8 Å². The molecule has 0 bridgehead atoms. The van der Waals surface area contributed by atoms with Crippen LogP contribution in [0.1, 0.15) is 23.7 Å². The van der Waals surface area contributed by atoms with E-state index < -0.39 is 27.7 Å². The number of pyridine rings is 1. The second-order valence-electron chi connectivity index (χ2n) is 5.84. The van der Waals surface area contributed by atoms with Crippen LogP contribution < -0.4 is 10.5 Å². The van der Waals surface area contributed by atoms with Gasteiger partial charge in [0, 0.05) is 6.07 Å². The van der Waals surface area contributed by atoms with Crippen molar-refractivity contribution in [2.24, 2.45) is 0 Å². The maximum absolute atomic E-state index is 11.8. The van der Waals surface area contributed by atoms with Crippen molar-refractivity contribution in [1.82, 2.24) is 4.98 Å². The van der Waals surface area contributed by atoms with Crippen LogP contribution in [0.3, 0.4) is 0 Å². The molecule has 25 heavy (non-hydrogen) atoms. The van der Waals surface area contributed by atoms with Crippen LogP contribution in [-0.2, 0) is 21.3 Å². The Morgan fingerprint density at radius 2 is 1.92 bits per heavy atom. The molecule has 0 radical (unpaired) electrons. The number of aromatic nitrogens is 1. The number of aliphatic carboxylic acids is 1. The number of hydrogen-bond acceptors (Lipinski definition) is 6. The van der Waals surface area contributed by atoms with Gasteiger partial charge in [-0.3, -0.25) is 9.00 Å². The van der Waals surface area contributed by atoms with Crippen molar-refractivity contribution in [3.8, 4) is 5.88 Å². The monoisotopic (exact) mass is 363 g/mol. The van der Waals surface area contributed by atoms with Gasteiger partial charge in [-0.2, -0.15) is 0 Å². The number of rotatable bonds is 6. The standard InChI is InChI=1S/C17H20N2O5S/c1-10-4-6-11(7-5-10)17(2,15(16(20)21)25(22)23)14-12(18)8-9-13(19-14)24-3/h4-9,15H,18H2,1-3H3,(H,20,21)(H,22,23)/p-1. The third-order valence-electron chi connectivity index (χ3n) is 4.19. The summed E-state index contributed by atoms with van der Waals surface area (Å²) in [6, 6.07) is 9.95. The first-order valence-corrected chi connectivity index (χ1v) is 8.54. The summed E-state index contributed by atoms with van der Waals surface area (Å²) in [6.45, 7) is 3.38. The second-order valence-corrected chi connectivity index (χ2v) is 6.83. The van der Waals surface area contributed by atoms with E-state index in [0.29, 0.717) is 5.56 Å². The number of methoxy groups -OCH3 is 1. The predicted octanol–water partition coefficient (Wildman–Crippen LogP) is 1.62. The van der Waals surface area contributed by atoms with E-state index in [1.54, 1.807) is 24.3 Å². The molecule has 2 aromatic rings. The Bertz CT molecular complexity index is 795. The average Bonchev–Trinajstić information content (AvgIpc) is 2.55. The molecule has 0 aliphatic carbocycles. The highest BCUT2D eigenvalue weighted by Crippen LogP contribution is 2.40. The Morgan fingerprint density at radius 3 is 2.40 bits per heavy atom. The molecule has 3 N–H and O–H groups in total. The summed E-state index contributed by atoms with van der Waals surface area (Å²) in [5.41, 5.74) is 6.25. The normalized spacial score (nSPS) is 15.8. The summed E-state index contributed by atoms with van der Waals surface area (Å²) in [7, 11) is 1.41. The fourth-order valence-electron chi connectivity index (χ4n) is 2.82. The van der Waals surface area contributed by atoms with Gasteiger partial charge in [0.05, 0.1) is 23.9 Å². The summed E-state index contributed by atoms with van der Waals surface area (Å²) in [6.07, 6.45) is 0. The molecule has 134 valence electrons. The lowest BCUT2D eigenvalue weighted by atomic mass is 9.75. The largest absolute Gasteiger partial charge is 0.772 e. The van der Waals surface area contributed by atoms with Gasteiger partial charge in [0.1, 0.15) is 5.25 Å². The zero-order valence-electron chi connectivity index (χ0n) is 14.1. The first-order chi connectivity index (χ1) is 11.7. The molecule has 0 aliphatic heterocycles. The quantitative estimate of drug-likeness (QED) is 0.747.